The van der Waals surface area contributed by atoms with Crippen LogP contribution in [0.2, 0.25) is 0 Å². The van der Waals surface area contributed by atoms with Crippen molar-refractivity contribution in [3.8, 4) is 0 Å². The average Bonchev–Trinajstić information content (AvgIpc) is 3.27. The summed E-state index contributed by atoms with van der Waals surface area (Å²) in [6.07, 6.45) is 7.59. The number of aryl methyl sites for hydroxylation is 1. The number of nitrogens with zero attached hydrogens (tertiary/aromatic N) is 3. The van der Waals surface area contributed by atoms with Gasteiger partial charge >= 0.3 is 0 Å². The fourth-order valence-corrected chi connectivity index (χ4v) is 5.86. The first kappa shape index (κ1) is 20.7. The molecule has 2 aliphatic heterocycles. The molecular weight excluding hydrogens is 368 g/mol. The summed E-state index contributed by atoms with van der Waals surface area (Å²) in [4.78, 5) is 4.10. The molecule has 1 unspecified atom stereocenters. The molecule has 1 aromatic rings. The number of nitrogens with one attached hydrogen (secondary N) is 1. The summed E-state index contributed by atoms with van der Waals surface area (Å²) < 4.78 is 41.6. The molecule has 0 radical (unpaired) electrons. The number of rotatable bonds is 8. The van der Waals surface area contributed by atoms with E-state index in [2.05, 4.69) is 17.2 Å². The Morgan fingerprint density at radius 2 is 2.04 bits per heavy atom. The lowest BCUT2D eigenvalue weighted by molar-refractivity contribution is -0.205. The van der Waals surface area contributed by atoms with E-state index in [9.17, 15) is 8.42 Å². The molecule has 8 nitrogen and oxygen atoms in total. The maximum Gasteiger partial charge on any atom is 0.262 e. The first-order valence-electron chi connectivity index (χ1n) is 9.89. The molecule has 2 saturated heterocycles. The third kappa shape index (κ3) is 4.37. The highest BCUT2D eigenvalue weighted by Crippen LogP contribution is 2.35. The fourth-order valence-electron chi connectivity index (χ4n) is 4.18. The van der Waals surface area contributed by atoms with E-state index in [-0.39, 0.29) is 29.3 Å². The Bertz CT molecular complexity index is 702. The molecule has 3 heterocycles. The lowest BCUT2D eigenvalue weighted by Crippen LogP contribution is -2.47. The summed E-state index contributed by atoms with van der Waals surface area (Å²) in [5.74, 6) is -0.0413. The maximum atomic E-state index is 13.3. The van der Waals surface area contributed by atoms with E-state index in [4.69, 9.17) is 9.47 Å². The topological polar surface area (TPSA) is 85.7 Å². The van der Waals surface area contributed by atoms with Crippen LogP contribution in [-0.4, -0.2) is 67.5 Å². The largest absolute Gasteiger partial charge is 0.352 e. The Morgan fingerprint density at radius 1 is 1.30 bits per heavy atom. The standard InChI is InChI=1S/C18H32N4O4S/c1-4-5-6-8-15-17(19-2)14(18-25-9-7-10-26-18)11-22(15)27(23,24)16-12-21(3)13-20-16/h12-15,17-19H,4-11H2,1-3H3/t14-,15?,17+/m0/s1. The number of sulfonamides is 1. The Balaban J connectivity index is 1.88. The summed E-state index contributed by atoms with van der Waals surface area (Å²) in [7, 11) is 0.00000711. The van der Waals surface area contributed by atoms with Crippen LogP contribution in [0.4, 0.5) is 0 Å². The number of ether oxygens (including phenoxy) is 2. The predicted molar refractivity (Wildman–Crippen MR) is 102 cm³/mol. The molecule has 2 aliphatic rings. The molecule has 0 bridgehead atoms. The minimum absolute atomic E-state index is 0.0107. The van der Waals surface area contributed by atoms with Crippen molar-refractivity contribution in [1.82, 2.24) is 19.2 Å². The SMILES string of the molecule is CCCCCC1[C@H](NC)[C@@H](C2OCCCO2)CN1S(=O)(=O)c1cn(C)cn1. The average molecular weight is 401 g/mol. The second kappa shape index (κ2) is 9.00. The molecule has 27 heavy (non-hydrogen) atoms. The molecular formula is C18H32N4O4S. The van der Waals surface area contributed by atoms with Crippen LogP contribution in [0.5, 0.6) is 0 Å². The van der Waals surface area contributed by atoms with Crippen molar-refractivity contribution < 1.29 is 17.9 Å². The minimum Gasteiger partial charge on any atom is -0.352 e. The number of imidazole rings is 1. The van der Waals surface area contributed by atoms with E-state index in [0.29, 0.717) is 19.8 Å². The zero-order valence-corrected chi connectivity index (χ0v) is 17.3. The lowest BCUT2D eigenvalue weighted by atomic mass is 9.94. The Kier molecular flexibility index (Phi) is 6.91. The van der Waals surface area contributed by atoms with Crippen LogP contribution in [0.3, 0.4) is 0 Å². The second-order valence-corrected chi connectivity index (χ2v) is 9.29. The molecule has 0 amide bonds. The highest BCUT2D eigenvalue weighted by Gasteiger charge is 2.50. The monoisotopic (exact) mass is 400 g/mol. The molecule has 0 spiro atoms. The summed E-state index contributed by atoms with van der Waals surface area (Å²) in [5.41, 5.74) is 0. The number of hydrogen-bond acceptors (Lipinski definition) is 6. The van der Waals surface area contributed by atoms with Crippen molar-refractivity contribution >= 4 is 10.0 Å². The third-order valence-electron chi connectivity index (χ3n) is 5.53. The van der Waals surface area contributed by atoms with Crippen LogP contribution in [0.15, 0.2) is 17.6 Å². The van der Waals surface area contributed by atoms with Crippen LogP contribution in [0.25, 0.3) is 0 Å². The van der Waals surface area contributed by atoms with E-state index >= 15 is 0 Å². The van der Waals surface area contributed by atoms with Crippen LogP contribution in [-0.2, 0) is 26.5 Å². The molecule has 3 rings (SSSR count). The van der Waals surface area contributed by atoms with Crippen molar-refractivity contribution in [2.45, 2.75) is 62.4 Å². The van der Waals surface area contributed by atoms with Crippen molar-refractivity contribution in [3.05, 3.63) is 12.5 Å². The van der Waals surface area contributed by atoms with Gasteiger partial charge in [0.25, 0.3) is 10.0 Å². The molecule has 3 atom stereocenters. The Hall–Kier alpha value is -1.00. The van der Waals surface area contributed by atoms with Gasteiger partial charge in [-0.2, -0.15) is 4.31 Å². The fraction of sp³-hybridized carbons (Fsp3) is 0.833. The van der Waals surface area contributed by atoms with E-state index < -0.39 is 10.0 Å². The molecule has 0 saturated carbocycles. The summed E-state index contributed by atoms with van der Waals surface area (Å²) >= 11 is 0. The van der Waals surface area contributed by atoms with Crippen molar-refractivity contribution in [2.24, 2.45) is 13.0 Å². The van der Waals surface area contributed by atoms with Gasteiger partial charge < -0.3 is 19.4 Å². The summed E-state index contributed by atoms with van der Waals surface area (Å²) in [6, 6.07) is -0.142. The highest BCUT2D eigenvalue weighted by atomic mass is 32.2. The molecule has 1 N–H and O–H groups in total. The van der Waals surface area contributed by atoms with Gasteiger partial charge in [0.15, 0.2) is 11.3 Å². The van der Waals surface area contributed by atoms with E-state index in [1.165, 1.54) is 6.33 Å². The lowest BCUT2D eigenvalue weighted by Gasteiger charge is -2.32. The quantitative estimate of drug-likeness (QED) is 0.663. The molecule has 0 aromatic carbocycles. The van der Waals surface area contributed by atoms with E-state index in [1.807, 2.05) is 7.05 Å². The molecule has 2 fully saturated rings. The van der Waals surface area contributed by atoms with Gasteiger partial charge in [0.1, 0.15) is 0 Å². The Labute approximate surface area is 162 Å². The maximum absolute atomic E-state index is 13.3. The first-order valence-corrected chi connectivity index (χ1v) is 11.3. The van der Waals surface area contributed by atoms with Crippen LogP contribution >= 0.6 is 0 Å². The van der Waals surface area contributed by atoms with Gasteiger partial charge in [-0.25, -0.2) is 13.4 Å². The number of hydrogen-bond donors (Lipinski definition) is 1. The molecule has 0 aliphatic carbocycles. The number of aromatic nitrogens is 2. The van der Waals surface area contributed by atoms with E-state index in [0.717, 1.165) is 32.1 Å². The zero-order valence-electron chi connectivity index (χ0n) is 16.5. The smallest absolute Gasteiger partial charge is 0.262 e. The van der Waals surface area contributed by atoms with Crippen LogP contribution < -0.4 is 5.32 Å². The van der Waals surface area contributed by atoms with Gasteiger partial charge in [0.05, 0.1) is 19.5 Å². The highest BCUT2D eigenvalue weighted by molar-refractivity contribution is 7.89. The minimum atomic E-state index is -3.67. The summed E-state index contributed by atoms with van der Waals surface area (Å²) in [5, 5.41) is 3.46. The second-order valence-electron chi connectivity index (χ2n) is 7.46. The van der Waals surface area contributed by atoms with Gasteiger partial charge in [0, 0.05) is 37.8 Å². The first-order chi connectivity index (χ1) is 13.0. The molecule has 1 aromatic heterocycles. The van der Waals surface area contributed by atoms with Crippen LogP contribution in [0, 0.1) is 5.92 Å². The normalized spacial score (nSPS) is 28.0. The van der Waals surface area contributed by atoms with Gasteiger partial charge in [-0.05, 0) is 19.9 Å². The van der Waals surface area contributed by atoms with Gasteiger partial charge in [-0.15, -0.1) is 0 Å². The number of likely N-dealkylation sites (N-methyl/N-ethyl adjacent to an activating group) is 1. The van der Waals surface area contributed by atoms with Crippen molar-refractivity contribution in [3.63, 3.8) is 0 Å². The summed E-state index contributed by atoms with van der Waals surface area (Å²) in [6.45, 7) is 3.85. The zero-order chi connectivity index (χ0) is 19.4. The number of unbranched alkanes of at least 4 members (excludes halogenated alkanes) is 2. The predicted octanol–water partition coefficient (Wildman–Crippen LogP) is 1.34. The molecule has 154 valence electrons. The van der Waals surface area contributed by atoms with Gasteiger partial charge in [-0.1, -0.05) is 26.2 Å². The Morgan fingerprint density at radius 3 is 2.63 bits per heavy atom. The third-order valence-corrected chi connectivity index (χ3v) is 7.31. The van der Waals surface area contributed by atoms with Crippen molar-refractivity contribution in [2.75, 3.05) is 26.8 Å². The molecule has 9 heteroatoms. The van der Waals surface area contributed by atoms with Gasteiger partial charge in [0.2, 0.25) is 0 Å². The van der Waals surface area contributed by atoms with Gasteiger partial charge in [-0.3, -0.25) is 0 Å². The van der Waals surface area contributed by atoms with Crippen molar-refractivity contribution in [1.29, 1.82) is 0 Å². The van der Waals surface area contributed by atoms with Crippen LogP contribution in [0.1, 0.15) is 39.0 Å². The van der Waals surface area contributed by atoms with E-state index in [1.54, 1.807) is 22.1 Å².